The van der Waals surface area contributed by atoms with E-state index < -0.39 is 26.1 Å². The van der Waals surface area contributed by atoms with Gasteiger partial charge in [-0.25, -0.2) is 4.39 Å². The van der Waals surface area contributed by atoms with Crippen LogP contribution in [0.5, 0.6) is 0 Å². The Balaban J connectivity index is 0.000000127. The van der Waals surface area contributed by atoms with Crippen LogP contribution in [0.2, 0.25) is 26.8 Å². The van der Waals surface area contributed by atoms with Crippen molar-refractivity contribution in [2.24, 2.45) is 0 Å². The SMILES string of the molecule is C.CB1OCc2cc3c(cc21)COB3O.CB1OCc2cccc(C)c21.CB1OCc2cccc(F)c21.Nc1ccc2c(c1)B(O)OC2.O=[N+]([O-])c1ccc2c(c1)B(O)CC2. The molecule has 5 aromatic rings. The molecule has 11 rings (SSSR count). The smallest absolute Gasteiger partial charge is 0.446 e. The molecule has 5 N–H and O–H groups in total. The van der Waals surface area contributed by atoms with Crippen molar-refractivity contribution in [2.45, 2.75) is 80.6 Å². The van der Waals surface area contributed by atoms with E-state index in [1.54, 1.807) is 24.3 Å². The summed E-state index contributed by atoms with van der Waals surface area (Å²) >= 11 is 0. The van der Waals surface area contributed by atoms with Crippen LogP contribution in [0.1, 0.15) is 46.4 Å². The quantitative estimate of drug-likeness (QED) is 0.0845. The third kappa shape index (κ3) is 10.3. The lowest BCUT2D eigenvalue weighted by Crippen LogP contribution is -2.32. The number of nitrogen functional groups attached to an aromatic ring is 1. The third-order valence-corrected chi connectivity index (χ3v) is 11.6. The van der Waals surface area contributed by atoms with Crippen molar-refractivity contribution in [3.63, 3.8) is 0 Å². The molecular formula is C42H49B6FN2O10. The summed E-state index contributed by atoms with van der Waals surface area (Å²) < 4.78 is 39.5. The number of nitro benzene ring substituents is 1. The van der Waals surface area contributed by atoms with Crippen molar-refractivity contribution in [2.75, 3.05) is 5.73 Å². The lowest BCUT2D eigenvalue weighted by atomic mass is 9.62. The predicted molar refractivity (Wildman–Crippen MR) is 244 cm³/mol. The van der Waals surface area contributed by atoms with Crippen LogP contribution >= 0.6 is 0 Å². The molecule has 6 aliphatic heterocycles. The summed E-state index contributed by atoms with van der Waals surface area (Å²) in [4.78, 5) is 9.99. The van der Waals surface area contributed by atoms with Crippen molar-refractivity contribution in [1.29, 1.82) is 0 Å². The zero-order chi connectivity index (χ0) is 42.7. The largest absolute Gasteiger partial charge is 0.491 e. The van der Waals surface area contributed by atoms with E-state index in [1.807, 2.05) is 31.8 Å². The molecule has 0 spiro atoms. The summed E-state index contributed by atoms with van der Waals surface area (Å²) in [5, 5.41) is 38.6. The van der Waals surface area contributed by atoms with E-state index in [2.05, 4.69) is 38.0 Å². The Bertz CT molecular complexity index is 2280. The number of hydrogen-bond donors (Lipinski definition) is 4. The van der Waals surface area contributed by atoms with Crippen LogP contribution in [0.4, 0.5) is 15.8 Å². The third-order valence-electron chi connectivity index (χ3n) is 11.6. The molecule has 12 nitrogen and oxygen atoms in total. The van der Waals surface area contributed by atoms with Gasteiger partial charge in [0, 0.05) is 17.8 Å². The Kier molecular flexibility index (Phi) is 15.0. The number of nitrogens with zero attached hydrogens (tertiary/aromatic N) is 1. The Morgan fingerprint density at radius 2 is 1.16 bits per heavy atom. The van der Waals surface area contributed by atoms with Gasteiger partial charge in [-0.15, -0.1) is 0 Å². The van der Waals surface area contributed by atoms with Crippen LogP contribution in [-0.2, 0) is 62.7 Å². The number of fused-ring (bicyclic) bond motifs is 6. The number of anilines is 1. The molecule has 6 heterocycles. The topological polar surface area (TPSA) is 176 Å². The van der Waals surface area contributed by atoms with Crippen LogP contribution in [0.25, 0.3) is 0 Å². The Morgan fingerprint density at radius 1 is 0.623 bits per heavy atom. The molecule has 312 valence electrons. The number of nitrogens with two attached hydrogens (primary N) is 1. The van der Waals surface area contributed by atoms with E-state index >= 15 is 0 Å². The second-order valence-corrected chi connectivity index (χ2v) is 15.5. The number of nitro groups is 1. The molecule has 19 heteroatoms. The zero-order valence-corrected chi connectivity index (χ0v) is 34.1. The summed E-state index contributed by atoms with van der Waals surface area (Å²) in [5.74, 6) is -0.146. The van der Waals surface area contributed by atoms with Gasteiger partial charge in [-0.3, -0.25) is 10.1 Å². The number of hydrogen-bond acceptors (Lipinski definition) is 11. The number of benzene rings is 5. The number of halogens is 1. The monoisotopic (exact) mass is 826 g/mol. The fourth-order valence-corrected chi connectivity index (χ4v) is 8.27. The van der Waals surface area contributed by atoms with Gasteiger partial charge in [0.2, 0.25) is 0 Å². The van der Waals surface area contributed by atoms with Crippen molar-refractivity contribution < 1.29 is 47.7 Å². The molecule has 0 unspecified atom stereocenters. The molecule has 61 heavy (non-hydrogen) atoms. The highest BCUT2D eigenvalue weighted by Gasteiger charge is 2.33. The minimum Gasteiger partial charge on any atom is -0.446 e. The zero-order valence-electron chi connectivity index (χ0n) is 34.1. The lowest BCUT2D eigenvalue weighted by Gasteiger charge is -2.03. The molecule has 0 fully saturated rings. The Hall–Kier alpha value is -4.70. The lowest BCUT2D eigenvalue weighted by molar-refractivity contribution is -0.384. The average molecular weight is 826 g/mol. The van der Waals surface area contributed by atoms with E-state index in [1.165, 1.54) is 45.8 Å². The second kappa shape index (κ2) is 20.0. The summed E-state index contributed by atoms with van der Waals surface area (Å²) in [5.41, 5.74) is 20.0. The van der Waals surface area contributed by atoms with Crippen molar-refractivity contribution >= 4 is 86.1 Å². The van der Waals surface area contributed by atoms with Gasteiger partial charge in [-0.1, -0.05) is 93.6 Å². The number of non-ortho nitro benzene ring substituents is 1. The maximum atomic E-state index is 13.1. The fourth-order valence-electron chi connectivity index (χ4n) is 8.27. The molecule has 0 aliphatic carbocycles. The van der Waals surface area contributed by atoms with E-state index in [4.69, 9.17) is 29.0 Å². The molecule has 0 atom stereocenters. The van der Waals surface area contributed by atoms with Crippen LogP contribution in [0.15, 0.2) is 84.9 Å². The highest BCUT2D eigenvalue weighted by molar-refractivity contribution is 6.69. The summed E-state index contributed by atoms with van der Waals surface area (Å²) in [7, 11) is -1.53. The first kappa shape index (κ1) is 45.8. The van der Waals surface area contributed by atoms with E-state index in [9.17, 15) is 29.6 Å². The van der Waals surface area contributed by atoms with Gasteiger partial charge < -0.3 is 44.1 Å². The first-order valence-electron chi connectivity index (χ1n) is 20.1. The maximum absolute atomic E-state index is 13.1. The number of rotatable bonds is 1. The summed E-state index contributed by atoms with van der Waals surface area (Å²) in [6.07, 6.45) is 1.49. The minimum atomic E-state index is -0.784. The van der Waals surface area contributed by atoms with Gasteiger partial charge in [0.15, 0.2) is 0 Å². The molecular weight excluding hydrogens is 776 g/mol. The molecule has 0 saturated heterocycles. The summed E-state index contributed by atoms with van der Waals surface area (Å²) in [6.45, 7) is 11.0. The van der Waals surface area contributed by atoms with Crippen LogP contribution in [-0.4, -0.2) is 61.9 Å². The van der Waals surface area contributed by atoms with E-state index in [0.29, 0.717) is 50.8 Å². The van der Waals surface area contributed by atoms with E-state index in [-0.39, 0.29) is 32.8 Å². The van der Waals surface area contributed by atoms with Crippen LogP contribution < -0.4 is 38.5 Å². The van der Waals surface area contributed by atoms with Crippen molar-refractivity contribution in [1.82, 2.24) is 0 Å². The van der Waals surface area contributed by atoms with Gasteiger partial charge in [-0.2, -0.15) is 0 Å². The maximum Gasteiger partial charge on any atom is 0.491 e. The van der Waals surface area contributed by atoms with Gasteiger partial charge in [-0.05, 0) is 98.5 Å². The van der Waals surface area contributed by atoms with Gasteiger partial charge in [0.05, 0.1) is 38.0 Å². The predicted octanol–water partition coefficient (Wildman–Crippen LogP) is 2.26. The fraction of sp³-hybridized carbons (Fsp3) is 0.286. The first-order chi connectivity index (χ1) is 28.8. The molecule has 5 aromatic carbocycles. The van der Waals surface area contributed by atoms with E-state index in [0.717, 1.165) is 51.7 Å². The summed E-state index contributed by atoms with van der Waals surface area (Å²) in [6, 6.07) is 25.7. The first-order valence-corrected chi connectivity index (χ1v) is 20.1. The number of aryl methyl sites for hydroxylation is 2. The molecule has 0 radical (unpaired) electrons. The van der Waals surface area contributed by atoms with Crippen molar-refractivity contribution in [3.05, 3.63) is 140 Å². The van der Waals surface area contributed by atoms with Gasteiger partial charge in [0.1, 0.15) is 5.82 Å². The highest BCUT2D eigenvalue weighted by Crippen LogP contribution is 2.19. The van der Waals surface area contributed by atoms with Crippen molar-refractivity contribution in [3.8, 4) is 0 Å². The van der Waals surface area contributed by atoms with Gasteiger partial charge >= 0.3 is 41.9 Å². The minimum absolute atomic E-state index is 0. The highest BCUT2D eigenvalue weighted by atomic mass is 19.1. The Morgan fingerprint density at radius 3 is 1.84 bits per heavy atom. The normalized spacial score (nSPS) is 15.6. The molecule has 0 saturated carbocycles. The second-order valence-electron chi connectivity index (χ2n) is 15.5. The standard InChI is InChI=1S/C9H10B2O3.C9H11BO.C8H8BFO.C8H8BNO3.C7H8BNO2.CH4/c1-10-8-2-7-5-14-11(12)9(7)3-6(8)4-13-10;1-7-4-3-5-8-6-11-10(2)9(7)8;1-9-8-6(5-11-9)3-2-4-7(8)10;11-9-4-3-6-1-2-7(10(12)13)5-8(6)9;9-6-2-1-5-4-11-8(10)7(5)3-6;/h2-3,12H,4-5H2,1H3;3-5H,6H2,1-2H3;2-4H,5H2,1H3;1-2,5,11H,3-4H2;1-3,10H,4,9H2;1H4. The molecule has 6 aliphatic rings. The molecule has 0 aromatic heterocycles. The molecule has 0 bridgehead atoms. The van der Waals surface area contributed by atoms with Crippen LogP contribution in [0.3, 0.4) is 0 Å². The average Bonchev–Trinajstić information content (AvgIpc) is 4.11. The van der Waals surface area contributed by atoms with Crippen LogP contribution in [0, 0.1) is 22.9 Å². The van der Waals surface area contributed by atoms with Gasteiger partial charge in [0.25, 0.3) is 5.69 Å². The Labute approximate surface area is 358 Å². The molecule has 0 amide bonds.